The van der Waals surface area contributed by atoms with Crippen molar-refractivity contribution in [1.29, 1.82) is 0 Å². The molecule has 0 saturated heterocycles. The quantitative estimate of drug-likeness (QED) is 0.0261. The summed E-state index contributed by atoms with van der Waals surface area (Å²) in [5.74, 6) is -0.952. The van der Waals surface area contributed by atoms with E-state index in [0.29, 0.717) is 19.3 Å². The first-order valence-corrected chi connectivity index (χ1v) is 31.8. The molecule has 0 rings (SSSR count). The van der Waals surface area contributed by atoms with Gasteiger partial charge in [0.25, 0.3) is 0 Å². The van der Waals surface area contributed by atoms with Crippen molar-refractivity contribution in [2.24, 2.45) is 0 Å². The highest BCUT2D eigenvalue weighted by atomic mass is 16.6. The summed E-state index contributed by atoms with van der Waals surface area (Å²) in [7, 11) is 0. The van der Waals surface area contributed by atoms with Gasteiger partial charge < -0.3 is 14.2 Å². The van der Waals surface area contributed by atoms with Crippen LogP contribution in [0.4, 0.5) is 0 Å². The Morgan fingerprint density at radius 2 is 0.500 bits per heavy atom. The number of hydrogen-bond acceptors (Lipinski definition) is 6. The van der Waals surface area contributed by atoms with E-state index in [1.165, 1.54) is 83.5 Å². The summed E-state index contributed by atoms with van der Waals surface area (Å²) < 4.78 is 16.8. The maximum atomic E-state index is 12.9. The highest BCUT2D eigenvalue weighted by Gasteiger charge is 2.19. The smallest absolute Gasteiger partial charge is 0.306 e. The molecule has 0 bridgehead atoms. The van der Waals surface area contributed by atoms with Crippen LogP contribution in [-0.4, -0.2) is 37.2 Å². The van der Waals surface area contributed by atoms with E-state index in [0.717, 1.165) is 148 Å². The predicted octanol–water partition coefficient (Wildman–Crippen LogP) is 21.9. The molecule has 0 heterocycles. The molecule has 0 amide bonds. The van der Waals surface area contributed by atoms with Gasteiger partial charge in [0.2, 0.25) is 0 Å². The first kappa shape index (κ1) is 73.3. The molecule has 6 heteroatoms. The zero-order valence-corrected chi connectivity index (χ0v) is 50.4. The zero-order chi connectivity index (χ0) is 56.4. The van der Waals surface area contributed by atoms with Crippen molar-refractivity contribution in [3.63, 3.8) is 0 Å². The third-order valence-corrected chi connectivity index (χ3v) is 13.1. The second kappa shape index (κ2) is 64.8. The van der Waals surface area contributed by atoms with Crippen molar-refractivity contribution >= 4 is 17.9 Å². The molecule has 0 N–H and O–H groups in total. The lowest BCUT2D eigenvalue weighted by molar-refractivity contribution is -0.167. The van der Waals surface area contributed by atoms with Crippen LogP contribution in [0.2, 0.25) is 0 Å². The van der Waals surface area contributed by atoms with Crippen LogP contribution in [0.1, 0.15) is 271 Å². The minimum absolute atomic E-state index is 0.0977. The van der Waals surface area contributed by atoms with Crippen molar-refractivity contribution in [2.45, 2.75) is 277 Å². The van der Waals surface area contributed by atoms with Crippen LogP contribution in [0.15, 0.2) is 146 Å². The lowest BCUT2D eigenvalue weighted by atomic mass is 10.1. The van der Waals surface area contributed by atoms with Gasteiger partial charge in [-0.15, -0.1) is 0 Å². The molecule has 0 radical (unpaired) electrons. The van der Waals surface area contributed by atoms with Gasteiger partial charge in [0.15, 0.2) is 6.10 Å². The Hall–Kier alpha value is -4.71. The minimum atomic E-state index is -0.803. The van der Waals surface area contributed by atoms with E-state index in [1.54, 1.807) is 0 Å². The molecule has 1 atom stereocenters. The Morgan fingerprint density at radius 1 is 0.269 bits per heavy atom. The Morgan fingerprint density at radius 3 is 0.795 bits per heavy atom. The zero-order valence-electron chi connectivity index (χ0n) is 50.4. The summed E-state index contributed by atoms with van der Waals surface area (Å²) in [4.78, 5) is 38.1. The highest BCUT2D eigenvalue weighted by molar-refractivity contribution is 5.71. The van der Waals surface area contributed by atoms with Crippen molar-refractivity contribution < 1.29 is 28.6 Å². The molecule has 0 aliphatic rings. The first-order valence-electron chi connectivity index (χ1n) is 31.8. The molecule has 0 fully saturated rings. The fourth-order valence-electron chi connectivity index (χ4n) is 8.32. The second-order valence-corrected chi connectivity index (χ2v) is 20.6. The number of carbonyl (C=O) groups excluding carboxylic acids is 3. The number of allylic oxidation sites excluding steroid dienone is 24. The van der Waals surface area contributed by atoms with Gasteiger partial charge in [-0.05, 0) is 128 Å². The largest absolute Gasteiger partial charge is 0.462 e. The van der Waals surface area contributed by atoms with Gasteiger partial charge in [0, 0.05) is 19.3 Å². The normalized spacial score (nSPS) is 13.1. The van der Waals surface area contributed by atoms with E-state index in [4.69, 9.17) is 14.2 Å². The van der Waals surface area contributed by atoms with Gasteiger partial charge in [-0.25, -0.2) is 0 Å². The topological polar surface area (TPSA) is 78.9 Å². The molecule has 0 aliphatic heterocycles. The summed E-state index contributed by atoms with van der Waals surface area (Å²) in [5.41, 5.74) is 0. The number of carbonyl (C=O) groups is 3. The summed E-state index contributed by atoms with van der Waals surface area (Å²) in [6.07, 6.45) is 92.9. The Labute approximate surface area is 480 Å². The third-order valence-electron chi connectivity index (χ3n) is 13.1. The monoisotopic (exact) mass is 1080 g/mol. The van der Waals surface area contributed by atoms with Crippen LogP contribution in [0, 0.1) is 0 Å². The lowest BCUT2D eigenvalue weighted by Gasteiger charge is -2.18. The maximum Gasteiger partial charge on any atom is 0.306 e. The van der Waals surface area contributed by atoms with E-state index in [2.05, 4.69) is 167 Å². The van der Waals surface area contributed by atoms with Crippen LogP contribution in [0.5, 0.6) is 0 Å². The van der Waals surface area contributed by atoms with Gasteiger partial charge >= 0.3 is 17.9 Å². The standard InChI is InChI=1S/C72H116O6/c1-4-7-10-13-16-19-21-23-25-27-29-31-32-33-34-35-36-37-38-39-40-42-43-45-47-49-51-53-56-59-62-65-71(74)77-68-69(67-76-70(73)64-61-58-55-18-15-12-9-6-3)78-72(75)66-63-60-57-54-52-50-48-46-44-41-30-28-26-24-22-20-17-14-11-8-5-2/h7,10,16,19,22-25,28-31,33-34,36-37,39-40,43-46,49,51,69H,4-6,8-9,11-15,17-18,20-21,26-27,32,35,38,41-42,47-48,50,52-68H2,1-3H3/b10-7-,19-16-,24-22-,25-23-,30-28-,31-29-,34-33-,37-36-,40-39-,45-43-,46-44-,51-49-. The minimum Gasteiger partial charge on any atom is -0.462 e. The van der Waals surface area contributed by atoms with Crippen molar-refractivity contribution in [1.82, 2.24) is 0 Å². The van der Waals surface area contributed by atoms with E-state index in [9.17, 15) is 14.4 Å². The van der Waals surface area contributed by atoms with Crippen molar-refractivity contribution in [3.05, 3.63) is 146 Å². The maximum absolute atomic E-state index is 12.9. The fraction of sp³-hybridized carbons (Fsp3) is 0.625. The van der Waals surface area contributed by atoms with Crippen LogP contribution in [-0.2, 0) is 28.6 Å². The Kier molecular flexibility index (Phi) is 60.9. The number of ether oxygens (including phenoxy) is 3. The molecule has 1 unspecified atom stereocenters. The van der Waals surface area contributed by atoms with E-state index in [1.807, 2.05) is 0 Å². The average molecular weight is 1080 g/mol. The first-order chi connectivity index (χ1) is 38.5. The van der Waals surface area contributed by atoms with Crippen molar-refractivity contribution in [3.8, 4) is 0 Å². The van der Waals surface area contributed by atoms with Crippen LogP contribution < -0.4 is 0 Å². The molecule has 0 aromatic heterocycles. The molecule has 78 heavy (non-hydrogen) atoms. The van der Waals surface area contributed by atoms with Gasteiger partial charge in [-0.2, -0.15) is 0 Å². The van der Waals surface area contributed by atoms with Gasteiger partial charge in [-0.3, -0.25) is 14.4 Å². The molecule has 0 aliphatic carbocycles. The Balaban J connectivity index is 4.32. The van der Waals surface area contributed by atoms with Gasteiger partial charge in [0.1, 0.15) is 13.2 Å². The molecular weight excluding hydrogens is 961 g/mol. The third kappa shape index (κ3) is 62.1. The molecule has 0 saturated carbocycles. The number of hydrogen-bond donors (Lipinski definition) is 0. The van der Waals surface area contributed by atoms with E-state index >= 15 is 0 Å². The van der Waals surface area contributed by atoms with Gasteiger partial charge in [-0.1, -0.05) is 269 Å². The SMILES string of the molecule is CC/C=C\C/C=C\C/C=C\C/C=C\C/C=C\C/C=C\C/C=C\C/C=C\C/C=C\CCCCCC(=O)OCC(COC(=O)CCCCCCCCCC)OC(=O)CCCCCCCC/C=C\C/C=C\C/C=C\CCCCCCC. The second-order valence-electron chi connectivity index (χ2n) is 20.6. The van der Waals surface area contributed by atoms with Crippen LogP contribution >= 0.6 is 0 Å². The van der Waals surface area contributed by atoms with E-state index in [-0.39, 0.29) is 31.1 Å². The summed E-state index contributed by atoms with van der Waals surface area (Å²) in [5, 5.41) is 0. The van der Waals surface area contributed by atoms with E-state index < -0.39 is 6.10 Å². The van der Waals surface area contributed by atoms with Crippen LogP contribution in [0.25, 0.3) is 0 Å². The summed E-state index contributed by atoms with van der Waals surface area (Å²) in [6, 6.07) is 0. The molecule has 0 aromatic carbocycles. The summed E-state index contributed by atoms with van der Waals surface area (Å²) in [6.45, 7) is 6.44. The number of esters is 3. The average Bonchev–Trinajstić information content (AvgIpc) is 3.44. The van der Waals surface area contributed by atoms with Gasteiger partial charge in [0.05, 0.1) is 0 Å². The highest BCUT2D eigenvalue weighted by Crippen LogP contribution is 2.14. The number of unbranched alkanes of at least 4 members (excludes halogenated alkanes) is 21. The molecular formula is C72H116O6. The summed E-state index contributed by atoms with van der Waals surface area (Å²) >= 11 is 0. The molecule has 0 aromatic rings. The Bertz CT molecular complexity index is 1710. The molecule has 440 valence electrons. The number of rotatable bonds is 56. The predicted molar refractivity (Wildman–Crippen MR) is 339 cm³/mol. The van der Waals surface area contributed by atoms with Crippen molar-refractivity contribution in [2.75, 3.05) is 13.2 Å². The lowest BCUT2D eigenvalue weighted by Crippen LogP contribution is -2.30. The molecule has 0 spiro atoms. The fourth-order valence-corrected chi connectivity index (χ4v) is 8.32. The van der Waals surface area contributed by atoms with Crippen LogP contribution in [0.3, 0.4) is 0 Å². The molecule has 6 nitrogen and oxygen atoms in total.